The molecular weight excluding hydrogens is 299 g/mol. The number of hydrogen-bond acceptors (Lipinski definition) is 3. The van der Waals surface area contributed by atoms with E-state index in [1.54, 1.807) is 30.3 Å². The number of benzene rings is 2. The Morgan fingerprint density at radius 3 is 2.65 bits per heavy atom. The monoisotopic (exact) mass is 310 g/mol. The Labute approximate surface area is 126 Å². The number of primary amides is 1. The Hall–Kier alpha value is -1.91. The average Bonchev–Trinajstić information content (AvgIpc) is 2.40. The molecule has 104 valence electrons. The molecule has 6 heteroatoms. The first-order valence-corrected chi connectivity index (χ1v) is 6.49. The molecule has 2 rings (SSSR count). The number of rotatable bonds is 4. The normalized spacial score (nSPS) is 10.3. The van der Waals surface area contributed by atoms with Gasteiger partial charge in [-0.3, -0.25) is 4.79 Å². The number of ether oxygens (including phenoxy) is 1. The van der Waals surface area contributed by atoms with Gasteiger partial charge in [-0.15, -0.1) is 0 Å². The van der Waals surface area contributed by atoms with Crippen molar-refractivity contribution in [3.63, 3.8) is 0 Å². The van der Waals surface area contributed by atoms with Crippen LogP contribution in [0.3, 0.4) is 0 Å². The van der Waals surface area contributed by atoms with Gasteiger partial charge in [-0.25, -0.2) is 0 Å². The lowest BCUT2D eigenvalue weighted by atomic mass is 10.1. The molecule has 0 aliphatic rings. The summed E-state index contributed by atoms with van der Waals surface area (Å²) in [6, 6.07) is 9.87. The summed E-state index contributed by atoms with van der Waals surface area (Å²) in [5.74, 6) is -0.272. The zero-order chi connectivity index (χ0) is 14.7. The summed E-state index contributed by atoms with van der Waals surface area (Å²) in [7, 11) is 0. The molecule has 0 saturated carbocycles. The van der Waals surface area contributed by atoms with E-state index in [0.717, 1.165) is 0 Å². The van der Waals surface area contributed by atoms with Crippen LogP contribution in [0.5, 0.6) is 5.75 Å². The summed E-state index contributed by atoms with van der Waals surface area (Å²) < 4.78 is 5.58. The molecule has 0 aliphatic carbocycles. The number of nitrogen functional groups attached to an aromatic ring is 1. The fourth-order valence-electron chi connectivity index (χ4n) is 1.68. The molecule has 0 spiro atoms. The predicted octanol–water partition coefficient (Wildman–Crippen LogP) is 3.25. The van der Waals surface area contributed by atoms with Gasteiger partial charge in [0.15, 0.2) is 0 Å². The minimum absolute atomic E-state index is 0.156. The van der Waals surface area contributed by atoms with E-state index in [-0.39, 0.29) is 12.2 Å². The lowest BCUT2D eigenvalue weighted by Crippen LogP contribution is -2.13. The van der Waals surface area contributed by atoms with Crippen molar-refractivity contribution in [2.45, 2.75) is 6.61 Å². The van der Waals surface area contributed by atoms with Crippen molar-refractivity contribution in [1.29, 1.82) is 0 Å². The fourth-order valence-corrected chi connectivity index (χ4v) is 2.05. The van der Waals surface area contributed by atoms with Crippen LogP contribution in [-0.4, -0.2) is 5.91 Å². The van der Waals surface area contributed by atoms with Crippen LogP contribution < -0.4 is 16.2 Å². The van der Waals surface area contributed by atoms with E-state index in [9.17, 15) is 4.79 Å². The Bertz CT molecular complexity index is 660. The van der Waals surface area contributed by atoms with Crippen molar-refractivity contribution in [1.82, 2.24) is 0 Å². The maximum absolute atomic E-state index is 11.3. The van der Waals surface area contributed by atoms with E-state index in [2.05, 4.69) is 0 Å². The molecule has 0 aliphatic heterocycles. The van der Waals surface area contributed by atoms with E-state index in [1.165, 1.54) is 6.07 Å². The molecular formula is C14H12Cl2N2O2. The van der Waals surface area contributed by atoms with Crippen molar-refractivity contribution in [2.24, 2.45) is 5.73 Å². The van der Waals surface area contributed by atoms with Crippen molar-refractivity contribution in [3.05, 3.63) is 57.6 Å². The van der Waals surface area contributed by atoms with Gasteiger partial charge in [0.25, 0.3) is 5.91 Å². The first-order chi connectivity index (χ1) is 9.49. The molecule has 4 N–H and O–H groups in total. The van der Waals surface area contributed by atoms with Gasteiger partial charge in [0, 0.05) is 17.3 Å². The number of halogens is 2. The van der Waals surface area contributed by atoms with E-state index in [1.807, 2.05) is 0 Å². The topological polar surface area (TPSA) is 78.3 Å². The lowest BCUT2D eigenvalue weighted by Gasteiger charge is -2.11. The Balaban J connectivity index is 2.24. The lowest BCUT2D eigenvalue weighted by molar-refractivity contribution is 0.0996. The highest BCUT2D eigenvalue weighted by atomic mass is 35.5. The minimum atomic E-state index is -0.586. The zero-order valence-electron chi connectivity index (χ0n) is 10.4. The molecule has 0 aromatic heterocycles. The number of amides is 1. The highest BCUT2D eigenvalue weighted by Crippen LogP contribution is 2.28. The van der Waals surface area contributed by atoms with Gasteiger partial charge in [-0.1, -0.05) is 35.3 Å². The van der Waals surface area contributed by atoms with E-state index in [4.69, 9.17) is 39.4 Å². The quantitative estimate of drug-likeness (QED) is 0.851. The minimum Gasteiger partial charge on any atom is -0.488 e. The van der Waals surface area contributed by atoms with Crippen LogP contribution in [0.4, 0.5) is 5.69 Å². The van der Waals surface area contributed by atoms with Gasteiger partial charge in [-0.2, -0.15) is 0 Å². The van der Waals surface area contributed by atoms with Crippen LogP contribution in [0.1, 0.15) is 15.9 Å². The van der Waals surface area contributed by atoms with Gasteiger partial charge in [0.1, 0.15) is 12.4 Å². The van der Waals surface area contributed by atoms with Gasteiger partial charge < -0.3 is 16.2 Å². The molecule has 0 radical (unpaired) electrons. The Morgan fingerprint density at radius 1 is 1.20 bits per heavy atom. The summed E-state index contributed by atoms with van der Waals surface area (Å²) in [4.78, 5) is 11.3. The summed E-state index contributed by atoms with van der Waals surface area (Å²) in [6.45, 7) is 0.156. The molecule has 4 nitrogen and oxygen atoms in total. The average molecular weight is 311 g/mol. The Morgan fingerprint density at radius 2 is 1.95 bits per heavy atom. The third kappa shape index (κ3) is 3.15. The number of carbonyl (C=O) groups excluding carboxylic acids is 1. The van der Waals surface area contributed by atoms with Crippen LogP contribution in [-0.2, 0) is 6.61 Å². The largest absolute Gasteiger partial charge is 0.488 e. The first kappa shape index (κ1) is 14.5. The standard InChI is InChI=1S/C14H12Cl2N2O2/c15-11-3-1-2-8(13(11)16)7-20-12-6-9(17)4-5-10(12)14(18)19/h1-6H,7,17H2,(H2,18,19). The molecule has 0 bridgehead atoms. The number of hydrogen-bond donors (Lipinski definition) is 2. The van der Waals surface area contributed by atoms with E-state index in [0.29, 0.717) is 27.0 Å². The van der Waals surface area contributed by atoms with Crippen LogP contribution >= 0.6 is 23.2 Å². The molecule has 20 heavy (non-hydrogen) atoms. The van der Waals surface area contributed by atoms with Crippen LogP contribution in [0.15, 0.2) is 36.4 Å². The smallest absolute Gasteiger partial charge is 0.252 e. The number of anilines is 1. The highest BCUT2D eigenvalue weighted by molar-refractivity contribution is 6.42. The van der Waals surface area contributed by atoms with Crippen LogP contribution in [0, 0.1) is 0 Å². The second kappa shape index (κ2) is 6.03. The summed E-state index contributed by atoms with van der Waals surface area (Å²) in [6.07, 6.45) is 0. The molecule has 0 unspecified atom stereocenters. The van der Waals surface area contributed by atoms with Gasteiger partial charge in [0.2, 0.25) is 0 Å². The fraction of sp³-hybridized carbons (Fsp3) is 0.0714. The summed E-state index contributed by atoms with van der Waals surface area (Å²) >= 11 is 12.0. The SMILES string of the molecule is NC(=O)c1ccc(N)cc1OCc1cccc(Cl)c1Cl. The first-order valence-electron chi connectivity index (χ1n) is 5.74. The van der Waals surface area contributed by atoms with E-state index >= 15 is 0 Å². The van der Waals surface area contributed by atoms with Crippen molar-refractivity contribution >= 4 is 34.8 Å². The second-order valence-corrected chi connectivity index (χ2v) is 4.91. The summed E-state index contributed by atoms with van der Waals surface area (Å²) in [5, 5.41) is 0.856. The second-order valence-electron chi connectivity index (χ2n) is 4.12. The zero-order valence-corrected chi connectivity index (χ0v) is 11.9. The van der Waals surface area contributed by atoms with Crippen molar-refractivity contribution < 1.29 is 9.53 Å². The van der Waals surface area contributed by atoms with Gasteiger partial charge in [-0.05, 0) is 18.2 Å². The molecule has 2 aromatic carbocycles. The predicted molar refractivity (Wildman–Crippen MR) is 80.2 cm³/mol. The maximum Gasteiger partial charge on any atom is 0.252 e. The molecule has 1 amide bonds. The summed E-state index contributed by atoms with van der Waals surface area (Å²) in [5.41, 5.74) is 12.4. The van der Waals surface area contributed by atoms with Crippen molar-refractivity contribution in [3.8, 4) is 5.75 Å². The third-order valence-corrected chi connectivity index (χ3v) is 3.54. The highest BCUT2D eigenvalue weighted by Gasteiger charge is 2.11. The Kier molecular flexibility index (Phi) is 4.37. The molecule has 0 heterocycles. The number of carbonyl (C=O) groups is 1. The van der Waals surface area contributed by atoms with E-state index < -0.39 is 5.91 Å². The molecule has 2 aromatic rings. The van der Waals surface area contributed by atoms with Crippen LogP contribution in [0.25, 0.3) is 0 Å². The molecule has 0 saturated heterocycles. The van der Waals surface area contributed by atoms with Gasteiger partial charge >= 0.3 is 0 Å². The van der Waals surface area contributed by atoms with Crippen LogP contribution in [0.2, 0.25) is 10.0 Å². The molecule has 0 fully saturated rings. The van der Waals surface area contributed by atoms with Crippen molar-refractivity contribution in [2.75, 3.05) is 5.73 Å². The van der Waals surface area contributed by atoms with Gasteiger partial charge in [0.05, 0.1) is 15.6 Å². The third-order valence-electron chi connectivity index (χ3n) is 2.69. The molecule has 0 atom stereocenters. The maximum atomic E-state index is 11.3. The number of nitrogens with two attached hydrogens (primary N) is 2.